The van der Waals surface area contributed by atoms with Crippen molar-refractivity contribution in [1.82, 2.24) is 10.2 Å². The van der Waals surface area contributed by atoms with E-state index in [9.17, 15) is 4.79 Å². The number of rotatable bonds is 3. The summed E-state index contributed by atoms with van der Waals surface area (Å²) in [5, 5.41) is 2.71. The number of benzene rings is 2. The topological polar surface area (TPSA) is 41.6 Å². The molecule has 2 heterocycles. The largest absolute Gasteiger partial charge is 0.487 e. The highest BCUT2D eigenvalue weighted by Gasteiger charge is 2.41. The molecule has 2 aromatic rings. The molecule has 0 bridgehead atoms. The van der Waals surface area contributed by atoms with Gasteiger partial charge in [-0.25, -0.2) is 0 Å². The Balaban J connectivity index is 1.31. The predicted molar refractivity (Wildman–Crippen MR) is 120 cm³/mol. The van der Waals surface area contributed by atoms with E-state index in [2.05, 4.69) is 34.5 Å². The Morgan fingerprint density at radius 1 is 1.07 bits per heavy atom. The molecule has 0 aromatic heterocycles. The summed E-state index contributed by atoms with van der Waals surface area (Å²) < 4.78 is 6.64. The lowest BCUT2D eigenvalue weighted by molar-refractivity contribution is -0.0336. The maximum absolute atomic E-state index is 12.0. The van der Waals surface area contributed by atoms with Gasteiger partial charge in [-0.2, -0.15) is 0 Å². The van der Waals surface area contributed by atoms with Crippen LogP contribution < -0.4 is 10.1 Å². The van der Waals surface area contributed by atoms with Crippen LogP contribution in [0.2, 0.25) is 0 Å². The van der Waals surface area contributed by atoms with Gasteiger partial charge in [-0.05, 0) is 85.9 Å². The van der Waals surface area contributed by atoms with Crippen LogP contribution in [0.25, 0.3) is 11.1 Å². The number of amides is 1. The molecule has 4 heteroatoms. The van der Waals surface area contributed by atoms with Crippen molar-refractivity contribution in [2.45, 2.75) is 63.5 Å². The molecule has 1 amide bonds. The first-order chi connectivity index (χ1) is 14.6. The first-order valence-corrected chi connectivity index (χ1v) is 11.5. The second-order valence-corrected chi connectivity index (χ2v) is 9.34. The molecular weight excluding hydrogens is 372 g/mol. The molecule has 158 valence electrons. The minimum Gasteiger partial charge on any atom is -0.487 e. The lowest BCUT2D eigenvalue weighted by Crippen LogP contribution is -2.53. The smallest absolute Gasteiger partial charge is 0.251 e. The number of carbonyl (C=O) groups is 1. The Bertz CT molecular complexity index is 956. The highest BCUT2D eigenvalue weighted by Crippen LogP contribution is 2.42. The molecule has 0 atom stereocenters. The number of carbonyl (C=O) groups excluding carboxylic acids is 1. The van der Waals surface area contributed by atoms with E-state index in [4.69, 9.17) is 4.74 Å². The highest BCUT2D eigenvalue weighted by molar-refractivity contribution is 5.96. The molecule has 2 aromatic carbocycles. The molecule has 0 radical (unpaired) electrons. The summed E-state index contributed by atoms with van der Waals surface area (Å²) in [4.78, 5) is 14.7. The van der Waals surface area contributed by atoms with Crippen LogP contribution >= 0.6 is 0 Å². The first-order valence-electron chi connectivity index (χ1n) is 11.5. The number of hydrogen-bond donors (Lipinski definition) is 1. The van der Waals surface area contributed by atoms with Gasteiger partial charge in [-0.1, -0.05) is 24.6 Å². The van der Waals surface area contributed by atoms with Gasteiger partial charge in [0.2, 0.25) is 0 Å². The van der Waals surface area contributed by atoms with Crippen molar-refractivity contribution < 1.29 is 9.53 Å². The minimum absolute atomic E-state index is 0.0356. The van der Waals surface area contributed by atoms with E-state index < -0.39 is 0 Å². The van der Waals surface area contributed by atoms with Crippen LogP contribution in [0.3, 0.4) is 0 Å². The maximum atomic E-state index is 12.0. The predicted octanol–water partition coefficient (Wildman–Crippen LogP) is 4.73. The van der Waals surface area contributed by atoms with Crippen LogP contribution in [0.5, 0.6) is 5.75 Å². The third-order valence-corrected chi connectivity index (χ3v) is 7.57. The number of aryl methyl sites for hydroxylation is 2. The standard InChI is InChI=1S/C26H32N2O2/c1-18-16-19(6-8-23(18)25(29)27-2)20-7-9-24-21(17-20)10-11-26(30-24)12-14-28(15-13-26)22-4-3-5-22/h6-9,16-17,22H,3-5,10-15H2,1-2H3,(H,27,29). The molecule has 1 aliphatic carbocycles. The number of fused-ring (bicyclic) bond motifs is 1. The summed E-state index contributed by atoms with van der Waals surface area (Å²) in [6, 6.07) is 13.5. The van der Waals surface area contributed by atoms with E-state index in [1.807, 2.05) is 19.1 Å². The number of nitrogens with one attached hydrogen (secondary N) is 1. The zero-order valence-electron chi connectivity index (χ0n) is 18.2. The van der Waals surface area contributed by atoms with Crippen LogP contribution in [0.1, 0.15) is 60.0 Å². The third-order valence-electron chi connectivity index (χ3n) is 7.57. The molecule has 3 aliphatic rings. The summed E-state index contributed by atoms with van der Waals surface area (Å²) in [7, 11) is 1.67. The minimum atomic E-state index is -0.0356. The van der Waals surface area contributed by atoms with Crippen LogP contribution in [-0.4, -0.2) is 42.6 Å². The van der Waals surface area contributed by atoms with Crippen molar-refractivity contribution in [3.63, 3.8) is 0 Å². The molecule has 4 nitrogen and oxygen atoms in total. The van der Waals surface area contributed by atoms with Crippen molar-refractivity contribution in [2.75, 3.05) is 20.1 Å². The molecular formula is C26H32N2O2. The fraction of sp³-hybridized carbons (Fsp3) is 0.500. The molecule has 1 spiro atoms. The summed E-state index contributed by atoms with van der Waals surface area (Å²) >= 11 is 0. The lowest BCUT2D eigenvalue weighted by Gasteiger charge is -2.48. The van der Waals surface area contributed by atoms with E-state index in [0.29, 0.717) is 0 Å². The Morgan fingerprint density at radius 3 is 2.47 bits per heavy atom. The van der Waals surface area contributed by atoms with Crippen LogP contribution in [0.4, 0.5) is 0 Å². The van der Waals surface area contributed by atoms with E-state index in [1.165, 1.54) is 43.5 Å². The molecule has 1 N–H and O–H groups in total. The van der Waals surface area contributed by atoms with Gasteiger partial charge in [-0.3, -0.25) is 4.79 Å². The number of ether oxygens (including phenoxy) is 1. The van der Waals surface area contributed by atoms with Crippen molar-refractivity contribution in [3.05, 3.63) is 53.1 Å². The number of likely N-dealkylation sites (tertiary alicyclic amines) is 1. The van der Waals surface area contributed by atoms with Gasteiger partial charge in [-0.15, -0.1) is 0 Å². The fourth-order valence-electron chi connectivity index (χ4n) is 5.33. The Kier molecular flexibility index (Phi) is 5.06. The third kappa shape index (κ3) is 3.51. The Morgan fingerprint density at radius 2 is 1.80 bits per heavy atom. The maximum Gasteiger partial charge on any atom is 0.251 e. The Labute approximate surface area is 179 Å². The number of hydrogen-bond acceptors (Lipinski definition) is 3. The normalized spacial score (nSPS) is 20.9. The van der Waals surface area contributed by atoms with Crippen LogP contribution in [-0.2, 0) is 6.42 Å². The number of piperidine rings is 1. The van der Waals surface area contributed by atoms with Gasteiger partial charge in [0.05, 0.1) is 0 Å². The van der Waals surface area contributed by atoms with Gasteiger partial charge in [0.1, 0.15) is 11.4 Å². The van der Waals surface area contributed by atoms with Crippen molar-refractivity contribution in [3.8, 4) is 16.9 Å². The summed E-state index contributed by atoms with van der Waals surface area (Å²) in [5.74, 6) is 1.03. The summed E-state index contributed by atoms with van der Waals surface area (Å²) in [6.45, 7) is 4.37. The van der Waals surface area contributed by atoms with Gasteiger partial charge >= 0.3 is 0 Å². The monoisotopic (exact) mass is 404 g/mol. The van der Waals surface area contributed by atoms with E-state index in [1.54, 1.807) is 7.05 Å². The molecule has 5 rings (SSSR count). The van der Waals surface area contributed by atoms with E-state index in [-0.39, 0.29) is 11.5 Å². The zero-order valence-corrected chi connectivity index (χ0v) is 18.2. The van der Waals surface area contributed by atoms with Crippen molar-refractivity contribution in [1.29, 1.82) is 0 Å². The van der Waals surface area contributed by atoms with Crippen LogP contribution in [0.15, 0.2) is 36.4 Å². The van der Waals surface area contributed by atoms with Gasteiger partial charge in [0.25, 0.3) is 5.91 Å². The fourth-order valence-corrected chi connectivity index (χ4v) is 5.33. The van der Waals surface area contributed by atoms with Crippen LogP contribution in [0, 0.1) is 6.92 Å². The van der Waals surface area contributed by atoms with E-state index >= 15 is 0 Å². The average Bonchev–Trinajstić information content (AvgIpc) is 2.73. The van der Waals surface area contributed by atoms with E-state index in [0.717, 1.165) is 54.2 Å². The van der Waals surface area contributed by atoms with Gasteiger partial charge in [0, 0.05) is 31.7 Å². The van der Waals surface area contributed by atoms with Gasteiger partial charge in [0.15, 0.2) is 0 Å². The second kappa shape index (κ2) is 7.73. The highest BCUT2D eigenvalue weighted by atomic mass is 16.5. The molecule has 0 unspecified atom stereocenters. The van der Waals surface area contributed by atoms with Crippen molar-refractivity contribution >= 4 is 5.91 Å². The molecule has 1 saturated carbocycles. The second-order valence-electron chi connectivity index (χ2n) is 9.34. The quantitative estimate of drug-likeness (QED) is 0.804. The summed E-state index contributed by atoms with van der Waals surface area (Å²) in [6.07, 6.45) is 8.72. The zero-order chi connectivity index (χ0) is 20.7. The van der Waals surface area contributed by atoms with Crippen molar-refractivity contribution in [2.24, 2.45) is 0 Å². The van der Waals surface area contributed by atoms with Gasteiger partial charge < -0.3 is 15.0 Å². The number of nitrogens with zero attached hydrogens (tertiary/aromatic N) is 1. The average molecular weight is 405 g/mol. The molecule has 2 aliphatic heterocycles. The summed E-state index contributed by atoms with van der Waals surface area (Å²) in [5.41, 5.74) is 5.43. The molecule has 30 heavy (non-hydrogen) atoms. The SMILES string of the molecule is CNC(=O)c1ccc(-c2ccc3c(c2)CCC2(CCN(C4CCC4)CC2)O3)cc1C. The first kappa shape index (κ1) is 19.6. The molecule has 1 saturated heterocycles. The molecule has 2 fully saturated rings. The lowest BCUT2D eigenvalue weighted by atomic mass is 9.81. The Hall–Kier alpha value is -2.33.